The summed E-state index contributed by atoms with van der Waals surface area (Å²) in [6.07, 6.45) is 1.56. The van der Waals surface area contributed by atoms with E-state index in [1.165, 1.54) is 11.0 Å². The van der Waals surface area contributed by atoms with Crippen LogP contribution in [0, 0.1) is 5.82 Å². The van der Waals surface area contributed by atoms with Gasteiger partial charge in [-0.15, -0.1) is 0 Å². The van der Waals surface area contributed by atoms with Crippen molar-refractivity contribution in [3.63, 3.8) is 0 Å². The number of hydrogen-bond donors (Lipinski definition) is 1. The lowest BCUT2D eigenvalue weighted by atomic mass is 10.0. The molecule has 1 aromatic heterocycles. The number of carbonyl (C=O) groups is 1. The molecule has 3 aromatic carbocycles. The van der Waals surface area contributed by atoms with Gasteiger partial charge in [-0.2, -0.15) is 0 Å². The molecular weight excluding hydrogens is 529 g/mol. The van der Waals surface area contributed by atoms with Gasteiger partial charge in [0.1, 0.15) is 11.6 Å². The fraction of sp³-hybridized carbons (Fsp3) is 0.226. The van der Waals surface area contributed by atoms with Crippen molar-refractivity contribution >= 4 is 21.4 Å². The van der Waals surface area contributed by atoms with Gasteiger partial charge in [0, 0.05) is 23.0 Å². The lowest BCUT2D eigenvalue weighted by Gasteiger charge is -2.25. The molecule has 9 heteroatoms. The Hall–Kier alpha value is -4.08. The Morgan fingerprint density at radius 1 is 1.00 bits per heavy atom. The quantitative estimate of drug-likeness (QED) is 0.342. The highest BCUT2D eigenvalue weighted by Gasteiger charge is 2.37. The lowest BCUT2D eigenvalue weighted by Crippen LogP contribution is -2.45. The normalized spacial score (nSPS) is 16.5. The molecule has 0 bridgehead atoms. The number of carbonyl (C=O) groups excluding carboxylic acids is 1. The van der Waals surface area contributed by atoms with E-state index < -0.39 is 33.4 Å². The Bertz CT molecular complexity index is 1650. The summed E-state index contributed by atoms with van der Waals surface area (Å²) in [5, 5.41) is 0. The number of amides is 1. The molecule has 0 radical (unpaired) electrons. The molecule has 0 fully saturated rings. The summed E-state index contributed by atoms with van der Waals surface area (Å²) in [7, 11) is -2.42. The molecular formula is C31H30FN3O4S. The lowest BCUT2D eigenvalue weighted by molar-refractivity contribution is -0.119. The molecule has 7 nitrogen and oxygen atoms in total. The Kier molecular flexibility index (Phi) is 7.44. The number of benzene rings is 3. The van der Waals surface area contributed by atoms with Crippen molar-refractivity contribution in [2.45, 2.75) is 37.2 Å². The van der Waals surface area contributed by atoms with Crippen molar-refractivity contribution in [2.75, 3.05) is 17.8 Å². The van der Waals surface area contributed by atoms with E-state index in [1.54, 1.807) is 19.4 Å². The van der Waals surface area contributed by atoms with E-state index in [1.807, 2.05) is 68.4 Å². The number of anilines is 1. The number of aromatic nitrogens is 1. The number of sulfone groups is 1. The molecule has 2 N–H and O–H groups in total. The van der Waals surface area contributed by atoms with Crippen molar-refractivity contribution in [3.05, 3.63) is 96.1 Å². The smallest absolute Gasteiger partial charge is 0.245 e. The zero-order chi connectivity index (χ0) is 28.6. The van der Waals surface area contributed by atoms with Crippen LogP contribution in [0.3, 0.4) is 0 Å². The average Bonchev–Trinajstić information content (AvgIpc) is 3.01. The Balaban J connectivity index is 1.55. The summed E-state index contributed by atoms with van der Waals surface area (Å²) in [6.45, 7) is 4.08. The molecule has 1 atom stereocenters. The molecule has 1 aliphatic rings. The summed E-state index contributed by atoms with van der Waals surface area (Å²) < 4.78 is 46.9. The van der Waals surface area contributed by atoms with E-state index in [9.17, 15) is 13.2 Å². The second-order valence-electron chi connectivity index (χ2n) is 10.2. The van der Waals surface area contributed by atoms with Gasteiger partial charge < -0.3 is 15.4 Å². The van der Waals surface area contributed by atoms with Crippen LogP contribution in [0.25, 0.3) is 22.3 Å². The van der Waals surface area contributed by atoms with Crippen molar-refractivity contribution < 1.29 is 22.3 Å². The third-order valence-corrected chi connectivity index (χ3v) is 8.86. The summed E-state index contributed by atoms with van der Waals surface area (Å²) in [5.74, 6) is -0.912. The predicted molar refractivity (Wildman–Crippen MR) is 153 cm³/mol. The number of nitrogens with two attached hydrogens (primary N) is 1. The maximum Gasteiger partial charge on any atom is 0.245 e. The Morgan fingerprint density at radius 2 is 1.62 bits per heavy atom. The van der Waals surface area contributed by atoms with Gasteiger partial charge in [-0.25, -0.2) is 12.8 Å². The van der Waals surface area contributed by atoms with Crippen LogP contribution < -0.4 is 15.4 Å². The number of fused-ring (bicyclic) bond motifs is 1. The maximum atomic E-state index is 15.4. The monoisotopic (exact) mass is 559 g/mol. The van der Waals surface area contributed by atoms with Crippen molar-refractivity contribution in [3.8, 4) is 28.0 Å². The van der Waals surface area contributed by atoms with Crippen LogP contribution >= 0.6 is 0 Å². The first-order valence-electron chi connectivity index (χ1n) is 12.9. The van der Waals surface area contributed by atoms with Crippen LogP contribution in [0.5, 0.6) is 5.75 Å². The van der Waals surface area contributed by atoms with Crippen molar-refractivity contribution in [1.29, 1.82) is 0 Å². The fourth-order valence-corrected chi connectivity index (χ4v) is 6.34. The van der Waals surface area contributed by atoms with Gasteiger partial charge in [0.15, 0.2) is 9.84 Å². The number of rotatable bonds is 6. The minimum Gasteiger partial charge on any atom is -0.497 e. The highest BCUT2D eigenvalue weighted by molar-refractivity contribution is 7.91. The number of hydrogen-bond acceptors (Lipinski definition) is 6. The summed E-state index contributed by atoms with van der Waals surface area (Å²) in [5.41, 5.74) is 10.4. The molecule has 1 aliphatic heterocycles. The summed E-state index contributed by atoms with van der Waals surface area (Å²) in [6, 6.07) is 19.9. The molecule has 1 amide bonds. The molecule has 0 aliphatic carbocycles. The molecule has 4 aromatic rings. The van der Waals surface area contributed by atoms with Gasteiger partial charge in [0.2, 0.25) is 5.91 Å². The third kappa shape index (κ3) is 5.35. The second-order valence-corrected chi connectivity index (χ2v) is 12.2. The Morgan fingerprint density at radius 3 is 2.20 bits per heavy atom. The SMILES string of the molecule is COc1ccc(-c2ccc(CN3C(=O)[C@@H](N)CS(=O)(=O)c4cc(F)c(-c5ccc(C(C)C)nc5)cc43)cc2)cc1. The van der Waals surface area contributed by atoms with E-state index in [2.05, 4.69) is 4.98 Å². The molecule has 40 heavy (non-hydrogen) atoms. The van der Waals surface area contributed by atoms with Crippen LogP contribution in [-0.4, -0.2) is 38.2 Å². The molecule has 2 heterocycles. The first kappa shape index (κ1) is 27.5. The zero-order valence-electron chi connectivity index (χ0n) is 22.5. The van der Waals surface area contributed by atoms with Crippen LogP contribution in [-0.2, 0) is 21.2 Å². The third-order valence-electron chi connectivity index (χ3n) is 7.06. The van der Waals surface area contributed by atoms with E-state index >= 15 is 4.39 Å². The first-order chi connectivity index (χ1) is 19.1. The second kappa shape index (κ2) is 10.8. The van der Waals surface area contributed by atoms with Crippen LogP contribution in [0.2, 0.25) is 0 Å². The predicted octanol–water partition coefficient (Wildman–Crippen LogP) is 5.33. The van der Waals surface area contributed by atoms with Gasteiger partial charge in [-0.1, -0.05) is 56.3 Å². The zero-order valence-corrected chi connectivity index (χ0v) is 23.3. The van der Waals surface area contributed by atoms with Crippen molar-refractivity contribution in [2.24, 2.45) is 5.73 Å². The van der Waals surface area contributed by atoms with E-state index in [-0.39, 0.29) is 28.6 Å². The minimum atomic E-state index is -4.03. The number of nitrogens with zero attached hydrogens (tertiary/aromatic N) is 2. The highest BCUT2D eigenvalue weighted by Crippen LogP contribution is 2.37. The topological polar surface area (TPSA) is 103 Å². The van der Waals surface area contributed by atoms with Crippen LogP contribution in [0.4, 0.5) is 10.1 Å². The highest BCUT2D eigenvalue weighted by atomic mass is 32.2. The molecule has 0 saturated heterocycles. The van der Waals surface area contributed by atoms with Gasteiger partial charge in [0.25, 0.3) is 0 Å². The van der Waals surface area contributed by atoms with Gasteiger partial charge in [-0.05, 0) is 52.9 Å². The maximum absolute atomic E-state index is 15.4. The number of ether oxygens (including phenoxy) is 1. The van der Waals surface area contributed by atoms with E-state index in [4.69, 9.17) is 10.5 Å². The molecule has 5 rings (SSSR count). The molecule has 0 spiro atoms. The summed E-state index contributed by atoms with van der Waals surface area (Å²) in [4.78, 5) is 18.9. The van der Waals surface area contributed by atoms with E-state index in [0.717, 1.165) is 34.2 Å². The van der Waals surface area contributed by atoms with Gasteiger partial charge in [-0.3, -0.25) is 9.78 Å². The minimum absolute atomic E-state index is 0.0631. The average molecular weight is 560 g/mol. The molecule has 206 valence electrons. The molecule has 0 unspecified atom stereocenters. The van der Waals surface area contributed by atoms with Crippen LogP contribution in [0.1, 0.15) is 31.0 Å². The fourth-order valence-electron chi connectivity index (χ4n) is 4.78. The standard InChI is InChI=1S/C31H30FN3O4S/c1-19(2)28-13-10-23(16-34-28)25-14-29-30(15-26(25)32)40(37,38)18-27(33)31(36)35(29)17-20-4-6-21(7-5-20)22-8-11-24(39-3)12-9-22/h4-16,19,27H,17-18,33H2,1-3H3/t27-/m0/s1. The number of methoxy groups -OCH3 is 1. The van der Waals surface area contributed by atoms with Gasteiger partial charge in [0.05, 0.1) is 36.0 Å². The first-order valence-corrected chi connectivity index (χ1v) is 14.6. The number of halogens is 1. The van der Waals surface area contributed by atoms with Crippen molar-refractivity contribution in [1.82, 2.24) is 4.98 Å². The van der Waals surface area contributed by atoms with Gasteiger partial charge >= 0.3 is 0 Å². The van der Waals surface area contributed by atoms with Crippen LogP contribution in [0.15, 0.2) is 83.9 Å². The summed E-state index contributed by atoms with van der Waals surface area (Å²) >= 11 is 0. The number of pyridine rings is 1. The Labute approximate surface area is 233 Å². The largest absolute Gasteiger partial charge is 0.497 e. The molecule has 0 saturated carbocycles. The van der Waals surface area contributed by atoms with E-state index in [0.29, 0.717) is 5.56 Å².